The van der Waals surface area contributed by atoms with Gasteiger partial charge in [-0.2, -0.15) is 0 Å². The van der Waals surface area contributed by atoms with Gasteiger partial charge in [-0.3, -0.25) is 4.79 Å². The molecule has 3 N–H and O–H groups in total. The molecular formula is C18H15N5O4. The summed E-state index contributed by atoms with van der Waals surface area (Å²) in [5.41, 5.74) is 2.03. The summed E-state index contributed by atoms with van der Waals surface area (Å²) in [6, 6.07) is 8.72. The van der Waals surface area contributed by atoms with E-state index in [-0.39, 0.29) is 16.8 Å². The van der Waals surface area contributed by atoms with Crippen molar-refractivity contribution in [2.75, 3.05) is 5.32 Å². The number of furan rings is 1. The molecule has 3 aromatic heterocycles. The van der Waals surface area contributed by atoms with Gasteiger partial charge < -0.3 is 24.4 Å². The van der Waals surface area contributed by atoms with Crippen molar-refractivity contribution in [3.05, 3.63) is 54.2 Å². The molecule has 0 aliphatic carbocycles. The van der Waals surface area contributed by atoms with E-state index in [9.17, 15) is 9.59 Å². The number of fused-ring (bicyclic) bond motifs is 1. The number of benzene rings is 1. The summed E-state index contributed by atoms with van der Waals surface area (Å²) in [5, 5.41) is 20.0. The Balaban J connectivity index is 1.67. The molecule has 0 radical (unpaired) electrons. The van der Waals surface area contributed by atoms with Crippen molar-refractivity contribution in [1.29, 1.82) is 0 Å². The topological polar surface area (TPSA) is 126 Å². The molecule has 1 amide bonds. The number of rotatable bonds is 5. The Morgan fingerprint density at radius 2 is 2.15 bits per heavy atom. The van der Waals surface area contributed by atoms with Crippen molar-refractivity contribution in [3.8, 4) is 11.4 Å². The molecular weight excluding hydrogens is 350 g/mol. The summed E-state index contributed by atoms with van der Waals surface area (Å²) >= 11 is 0. The lowest BCUT2D eigenvalue weighted by atomic mass is 10.1. The minimum atomic E-state index is -1.13. The first-order valence-electron chi connectivity index (χ1n) is 8.20. The number of aromatic carboxylic acids is 1. The SMILES string of the molecule is CCn1cnnc1-c1ccccc1NC(=O)c1cc2occ(C(=O)O)c2[nH]1. The number of carbonyl (C=O) groups excluding carboxylic acids is 1. The van der Waals surface area contributed by atoms with E-state index >= 15 is 0 Å². The minimum Gasteiger partial charge on any atom is -0.477 e. The van der Waals surface area contributed by atoms with E-state index in [0.717, 1.165) is 11.8 Å². The van der Waals surface area contributed by atoms with Crippen LogP contribution in [0.25, 0.3) is 22.5 Å². The van der Waals surface area contributed by atoms with Crippen LogP contribution in [0.1, 0.15) is 27.8 Å². The summed E-state index contributed by atoms with van der Waals surface area (Å²) in [5.74, 6) is -0.915. The summed E-state index contributed by atoms with van der Waals surface area (Å²) in [7, 11) is 0. The number of aromatic nitrogens is 4. The summed E-state index contributed by atoms with van der Waals surface area (Å²) in [4.78, 5) is 26.7. The van der Waals surface area contributed by atoms with E-state index in [1.54, 1.807) is 18.5 Å². The van der Waals surface area contributed by atoms with Crippen LogP contribution >= 0.6 is 0 Å². The molecule has 0 atom stereocenters. The fraction of sp³-hybridized carbons (Fsp3) is 0.111. The average Bonchev–Trinajstić information content (AvgIpc) is 3.36. The second-order valence-electron chi connectivity index (χ2n) is 5.82. The number of anilines is 1. The maximum Gasteiger partial charge on any atom is 0.341 e. The molecule has 9 heteroatoms. The molecule has 136 valence electrons. The zero-order valence-corrected chi connectivity index (χ0v) is 14.3. The number of aromatic amines is 1. The zero-order valence-electron chi connectivity index (χ0n) is 14.3. The number of para-hydroxylation sites is 1. The van der Waals surface area contributed by atoms with Gasteiger partial charge in [0.2, 0.25) is 0 Å². The fourth-order valence-electron chi connectivity index (χ4n) is 2.86. The van der Waals surface area contributed by atoms with Crippen LogP contribution < -0.4 is 5.32 Å². The number of carboxylic acids is 1. The first-order chi connectivity index (χ1) is 13.1. The van der Waals surface area contributed by atoms with Gasteiger partial charge in [0, 0.05) is 18.2 Å². The lowest BCUT2D eigenvalue weighted by Gasteiger charge is -2.10. The van der Waals surface area contributed by atoms with E-state index in [1.807, 2.05) is 23.6 Å². The van der Waals surface area contributed by atoms with Crippen molar-refractivity contribution in [1.82, 2.24) is 19.7 Å². The van der Waals surface area contributed by atoms with Gasteiger partial charge in [-0.15, -0.1) is 10.2 Å². The van der Waals surface area contributed by atoms with Crippen LogP contribution in [0.4, 0.5) is 5.69 Å². The number of hydrogen-bond donors (Lipinski definition) is 3. The average molecular weight is 365 g/mol. The highest BCUT2D eigenvalue weighted by atomic mass is 16.4. The summed E-state index contributed by atoms with van der Waals surface area (Å²) in [6.45, 7) is 2.66. The molecule has 0 bridgehead atoms. The van der Waals surface area contributed by atoms with E-state index in [1.165, 1.54) is 6.07 Å². The standard InChI is InChI=1S/C18H15N5O4/c1-2-23-9-19-22-16(23)10-5-3-4-6-12(10)21-17(24)13-7-14-15(20-13)11(8-27-14)18(25)26/h3-9,20H,2H2,1H3,(H,21,24)(H,25,26). The lowest BCUT2D eigenvalue weighted by Crippen LogP contribution is -2.13. The third kappa shape index (κ3) is 2.84. The predicted molar refractivity (Wildman–Crippen MR) is 96.6 cm³/mol. The number of nitrogens with one attached hydrogen (secondary N) is 2. The maximum absolute atomic E-state index is 12.7. The molecule has 0 unspecified atom stereocenters. The van der Waals surface area contributed by atoms with Gasteiger partial charge in [0.15, 0.2) is 11.4 Å². The molecule has 3 heterocycles. The summed E-state index contributed by atoms with van der Waals surface area (Å²) in [6.07, 6.45) is 2.76. The molecule has 9 nitrogen and oxygen atoms in total. The number of hydrogen-bond acceptors (Lipinski definition) is 5. The normalized spacial score (nSPS) is 11.0. The molecule has 0 saturated heterocycles. The molecule has 27 heavy (non-hydrogen) atoms. The first-order valence-corrected chi connectivity index (χ1v) is 8.20. The number of H-pyrrole nitrogens is 1. The molecule has 1 aromatic carbocycles. The Hall–Kier alpha value is -3.88. The minimum absolute atomic E-state index is 0.0273. The molecule has 0 fully saturated rings. The first kappa shape index (κ1) is 16.6. The molecule has 4 rings (SSSR count). The Labute approximate surface area is 152 Å². The lowest BCUT2D eigenvalue weighted by molar-refractivity contribution is 0.0697. The molecule has 0 spiro atoms. The molecule has 0 aliphatic rings. The second kappa shape index (κ2) is 6.45. The van der Waals surface area contributed by atoms with Gasteiger partial charge in [0.25, 0.3) is 5.91 Å². The van der Waals surface area contributed by atoms with Crippen molar-refractivity contribution < 1.29 is 19.1 Å². The van der Waals surface area contributed by atoms with Crippen molar-refractivity contribution in [2.45, 2.75) is 13.5 Å². The van der Waals surface area contributed by atoms with Crippen LogP contribution in [0.3, 0.4) is 0 Å². The number of carboxylic acid groups (broad SMARTS) is 1. The van der Waals surface area contributed by atoms with Gasteiger partial charge in [-0.05, 0) is 19.1 Å². The molecule has 0 aliphatic heterocycles. The summed E-state index contributed by atoms with van der Waals surface area (Å²) < 4.78 is 7.06. The van der Waals surface area contributed by atoms with E-state index in [4.69, 9.17) is 9.52 Å². The Morgan fingerprint density at radius 3 is 2.93 bits per heavy atom. The number of aryl methyl sites for hydroxylation is 1. The number of carbonyl (C=O) groups is 2. The Kier molecular flexibility index (Phi) is 3.96. The van der Waals surface area contributed by atoms with Crippen LogP contribution in [0, 0.1) is 0 Å². The predicted octanol–water partition coefficient (Wildman–Crippen LogP) is 2.99. The monoisotopic (exact) mass is 365 g/mol. The van der Waals surface area contributed by atoms with Crippen molar-refractivity contribution in [2.24, 2.45) is 0 Å². The van der Waals surface area contributed by atoms with Gasteiger partial charge in [0.1, 0.15) is 23.8 Å². The third-order valence-corrected chi connectivity index (χ3v) is 4.20. The quantitative estimate of drug-likeness (QED) is 0.499. The number of amides is 1. The van der Waals surface area contributed by atoms with Gasteiger partial charge >= 0.3 is 5.97 Å². The van der Waals surface area contributed by atoms with Crippen LogP contribution in [0.2, 0.25) is 0 Å². The van der Waals surface area contributed by atoms with Crippen molar-refractivity contribution >= 4 is 28.7 Å². The van der Waals surface area contributed by atoms with E-state index in [0.29, 0.717) is 23.6 Å². The Bertz CT molecular complexity index is 1150. The number of nitrogens with zero attached hydrogens (tertiary/aromatic N) is 3. The zero-order chi connectivity index (χ0) is 19.0. The van der Waals surface area contributed by atoms with Crippen molar-refractivity contribution in [3.63, 3.8) is 0 Å². The highest BCUT2D eigenvalue weighted by molar-refractivity contribution is 6.09. The largest absolute Gasteiger partial charge is 0.477 e. The second-order valence-corrected chi connectivity index (χ2v) is 5.82. The Morgan fingerprint density at radius 1 is 1.33 bits per heavy atom. The van der Waals surface area contributed by atoms with Crippen LogP contribution in [0.5, 0.6) is 0 Å². The van der Waals surface area contributed by atoms with E-state index < -0.39 is 11.9 Å². The van der Waals surface area contributed by atoms with Crippen LogP contribution in [-0.4, -0.2) is 36.7 Å². The highest BCUT2D eigenvalue weighted by Gasteiger charge is 2.19. The highest BCUT2D eigenvalue weighted by Crippen LogP contribution is 2.27. The van der Waals surface area contributed by atoms with E-state index in [2.05, 4.69) is 20.5 Å². The molecule has 0 saturated carbocycles. The van der Waals surface area contributed by atoms with Crippen LogP contribution in [0.15, 0.2) is 47.3 Å². The maximum atomic E-state index is 12.7. The smallest absolute Gasteiger partial charge is 0.341 e. The van der Waals surface area contributed by atoms with Crippen LogP contribution in [-0.2, 0) is 6.54 Å². The molecule has 4 aromatic rings. The van der Waals surface area contributed by atoms with Gasteiger partial charge in [0.05, 0.1) is 11.2 Å². The van der Waals surface area contributed by atoms with Gasteiger partial charge in [-0.25, -0.2) is 4.79 Å². The fourth-order valence-corrected chi connectivity index (χ4v) is 2.86. The van der Waals surface area contributed by atoms with Gasteiger partial charge in [-0.1, -0.05) is 12.1 Å². The third-order valence-electron chi connectivity index (χ3n) is 4.20.